The molecule has 24 heavy (non-hydrogen) atoms. The summed E-state index contributed by atoms with van der Waals surface area (Å²) in [4.78, 5) is 46.1. The molecular weight excluding hydrogens is 314 g/mol. The summed E-state index contributed by atoms with van der Waals surface area (Å²) in [6, 6.07) is 7.27. The number of amides is 2. The van der Waals surface area contributed by atoms with Gasteiger partial charge < -0.3 is 9.84 Å². The van der Waals surface area contributed by atoms with E-state index in [1.807, 2.05) is 12.1 Å². The van der Waals surface area contributed by atoms with Crippen LogP contribution in [-0.4, -0.2) is 53.3 Å². The Morgan fingerprint density at radius 2 is 1.75 bits per heavy atom. The summed E-state index contributed by atoms with van der Waals surface area (Å²) in [5.41, 5.74) is 1.75. The average molecular weight is 333 g/mol. The molecule has 2 amide bonds. The largest absolute Gasteiger partial charge is 0.480 e. The Labute approximate surface area is 139 Å². The van der Waals surface area contributed by atoms with E-state index >= 15 is 0 Å². The van der Waals surface area contributed by atoms with Gasteiger partial charge in [-0.15, -0.1) is 0 Å². The normalized spacial score (nSPS) is 13.5. The third-order valence-corrected chi connectivity index (χ3v) is 3.69. The van der Waals surface area contributed by atoms with E-state index < -0.39 is 12.6 Å². The third-order valence-electron chi connectivity index (χ3n) is 3.69. The molecule has 1 aromatic rings. The van der Waals surface area contributed by atoms with Crippen LogP contribution >= 0.6 is 0 Å². The Hall–Kier alpha value is -2.54. The van der Waals surface area contributed by atoms with Crippen molar-refractivity contribution in [2.45, 2.75) is 25.7 Å². The van der Waals surface area contributed by atoms with Crippen LogP contribution in [0.4, 0.5) is 0 Å². The Balaban J connectivity index is 1.74. The fourth-order valence-corrected chi connectivity index (χ4v) is 2.32. The topological polar surface area (TPSA) is 101 Å². The second-order valence-electron chi connectivity index (χ2n) is 5.61. The van der Waals surface area contributed by atoms with E-state index in [0.29, 0.717) is 19.4 Å². The van der Waals surface area contributed by atoms with Gasteiger partial charge in [-0.3, -0.25) is 19.3 Å². The quantitative estimate of drug-likeness (QED) is 0.664. The molecule has 1 fully saturated rings. The van der Waals surface area contributed by atoms with Crippen LogP contribution in [0.3, 0.4) is 0 Å². The van der Waals surface area contributed by atoms with Gasteiger partial charge in [0.15, 0.2) is 5.78 Å². The number of ether oxygens (including phenoxy) is 1. The van der Waals surface area contributed by atoms with Crippen molar-refractivity contribution in [3.63, 3.8) is 0 Å². The zero-order valence-corrected chi connectivity index (χ0v) is 13.2. The predicted octanol–water partition coefficient (Wildman–Crippen LogP) is 0.591. The molecular formula is C17H19NO6. The third kappa shape index (κ3) is 5.27. The molecule has 1 aliphatic heterocycles. The molecule has 0 unspecified atom stereocenters. The molecule has 0 atom stereocenters. The number of carbonyl (C=O) groups excluding carboxylic acids is 3. The van der Waals surface area contributed by atoms with Gasteiger partial charge in [-0.2, -0.15) is 0 Å². The Morgan fingerprint density at radius 1 is 1.08 bits per heavy atom. The Bertz CT molecular complexity index is 637. The maximum atomic E-state index is 11.8. The van der Waals surface area contributed by atoms with E-state index in [0.717, 1.165) is 11.1 Å². The van der Waals surface area contributed by atoms with Gasteiger partial charge in [0.1, 0.15) is 13.2 Å². The molecule has 0 aliphatic carbocycles. The van der Waals surface area contributed by atoms with E-state index in [4.69, 9.17) is 9.84 Å². The minimum atomic E-state index is -1.11. The highest BCUT2D eigenvalue weighted by Gasteiger charge is 2.29. The van der Waals surface area contributed by atoms with Crippen LogP contribution in [0.25, 0.3) is 0 Å². The number of rotatable bonds is 9. The number of hydrogen-bond acceptors (Lipinski definition) is 5. The summed E-state index contributed by atoms with van der Waals surface area (Å²) in [7, 11) is 0. The molecule has 1 N–H and O–H groups in total. The number of Topliss-reactive ketones (excluding diaryl/α,β-unsaturated/α-hetero) is 1. The summed E-state index contributed by atoms with van der Waals surface area (Å²) < 4.78 is 4.75. The highest BCUT2D eigenvalue weighted by molar-refractivity contribution is 5.99. The number of β-lactam (4-membered cyclic amide) rings is 1. The number of likely N-dealkylation sites (tertiary alicyclic amines) is 1. The summed E-state index contributed by atoms with van der Waals surface area (Å²) in [5.74, 6) is -1.57. The summed E-state index contributed by atoms with van der Waals surface area (Å²) in [5, 5.41) is 8.42. The zero-order valence-electron chi connectivity index (χ0n) is 13.2. The molecule has 0 radical (unpaired) electrons. The van der Waals surface area contributed by atoms with Crippen LogP contribution < -0.4 is 0 Å². The van der Waals surface area contributed by atoms with Gasteiger partial charge in [0.05, 0.1) is 0 Å². The molecule has 0 saturated carbocycles. The lowest BCUT2D eigenvalue weighted by molar-refractivity contribution is -0.152. The molecule has 1 aromatic carbocycles. The number of ketones is 1. The summed E-state index contributed by atoms with van der Waals surface area (Å²) in [6.07, 6.45) is 1.44. The van der Waals surface area contributed by atoms with Crippen molar-refractivity contribution in [2.75, 3.05) is 19.8 Å². The highest BCUT2D eigenvalue weighted by Crippen LogP contribution is 2.13. The van der Waals surface area contributed by atoms with Crippen molar-refractivity contribution in [3.05, 3.63) is 35.4 Å². The van der Waals surface area contributed by atoms with Crippen molar-refractivity contribution in [1.29, 1.82) is 0 Å². The standard InChI is InChI=1S/C17H19NO6/c19-14(10-24-11-17(22)23)9-13-3-1-12(2-4-13)5-6-15(20)18-8-7-16(18)21/h1-4H,5-11H2,(H,22,23). The minimum Gasteiger partial charge on any atom is -0.480 e. The highest BCUT2D eigenvalue weighted by atomic mass is 16.5. The first-order valence-electron chi connectivity index (χ1n) is 7.68. The predicted molar refractivity (Wildman–Crippen MR) is 83.3 cm³/mol. The van der Waals surface area contributed by atoms with E-state index in [1.165, 1.54) is 4.90 Å². The van der Waals surface area contributed by atoms with E-state index in [2.05, 4.69) is 0 Å². The number of carboxylic acids is 1. The van der Waals surface area contributed by atoms with Crippen molar-refractivity contribution < 1.29 is 29.0 Å². The number of carboxylic acid groups (broad SMARTS) is 1. The first kappa shape index (κ1) is 17.8. The second-order valence-corrected chi connectivity index (χ2v) is 5.61. The van der Waals surface area contributed by atoms with Gasteiger partial charge in [0, 0.05) is 25.8 Å². The minimum absolute atomic E-state index is 0.112. The van der Waals surface area contributed by atoms with Crippen LogP contribution in [0.2, 0.25) is 0 Å². The molecule has 7 nitrogen and oxygen atoms in total. The van der Waals surface area contributed by atoms with E-state index in [-0.39, 0.29) is 37.0 Å². The molecule has 128 valence electrons. The van der Waals surface area contributed by atoms with Crippen LogP contribution in [0.1, 0.15) is 24.0 Å². The molecule has 1 saturated heterocycles. The van der Waals surface area contributed by atoms with Crippen LogP contribution in [0.5, 0.6) is 0 Å². The fourth-order valence-electron chi connectivity index (χ4n) is 2.32. The van der Waals surface area contributed by atoms with Crippen LogP contribution in [-0.2, 0) is 36.8 Å². The molecule has 0 spiro atoms. The first-order chi connectivity index (χ1) is 11.5. The van der Waals surface area contributed by atoms with Gasteiger partial charge in [0.25, 0.3) is 0 Å². The van der Waals surface area contributed by atoms with E-state index in [9.17, 15) is 19.2 Å². The Morgan fingerprint density at radius 3 is 2.29 bits per heavy atom. The van der Waals surface area contributed by atoms with Crippen LogP contribution in [0, 0.1) is 0 Å². The molecule has 2 rings (SSSR count). The van der Waals surface area contributed by atoms with Gasteiger partial charge in [-0.1, -0.05) is 24.3 Å². The van der Waals surface area contributed by atoms with Crippen LogP contribution in [0.15, 0.2) is 24.3 Å². The number of aliphatic carboxylic acids is 1. The van der Waals surface area contributed by atoms with Crippen molar-refractivity contribution in [2.24, 2.45) is 0 Å². The fraction of sp³-hybridized carbons (Fsp3) is 0.412. The maximum absolute atomic E-state index is 11.8. The summed E-state index contributed by atoms with van der Waals surface area (Å²) >= 11 is 0. The molecule has 1 aliphatic rings. The van der Waals surface area contributed by atoms with Gasteiger partial charge >= 0.3 is 5.97 Å². The number of benzene rings is 1. The van der Waals surface area contributed by atoms with Crippen molar-refractivity contribution in [3.8, 4) is 0 Å². The number of aryl methyl sites for hydroxylation is 1. The number of nitrogens with zero attached hydrogens (tertiary/aromatic N) is 1. The number of hydrogen-bond donors (Lipinski definition) is 1. The van der Waals surface area contributed by atoms with Gasteiger partial charge in [-0.05, 0) is 17.5 Å². The lowest BCUT2D eigenvalue weighted by Crippen LogP contribution is -2.47. The van der Waals surface area contributed by atoms with Crippen molar-refractivity contribution >= 4 is 23.6 Å². The SMILES string of the molecule is O=C(O)COCC(=O)Cc1ccc(CCC(=O)N2CCC2=O)cc1. The smallest absolute Gasteiger partial charge is 0.329 e. The second kappa shape index (κ2) is 8.35. The van der Waals surface area contributed by atoms with E-state index in [1.54, 1.807) is 12.1 Å². The average Bonchev–Trinajstić information content (AvgIpc) is 2.52. The Kier molecular flexibility index (Phi) is 6.20. The van der Waals surface area contributed by atoms with Gasteiger partial charge in [0.2, 0.25) is 11.8 Å². The molecule has 1 heterocycles. The lowest BCUT2D eigenvalue weighted by atomic mass is 10.0. The van der Waals surface area contributed by atoms with Gasteiger partial charge in [-0.25, -0.2) is 4.79 Å². The molecule has 0 bridgehead atoms. The molecule has 7 heteroatoms. The monoisotopic (exact) mass is 333 g/mol. The number of imide groups is 1. The zero-order chi connectivity index (χ0) is 17.5. The summed E-state index contributed by atoms with van der Waals surface area (Å²) in [6.45, 7) is -0.201. The number of carbonyl (C=O) groups is 4. The lowest BCUT2D eigenvalue weighted by Gasteiger charge is -2.28. The molecule has 0 aromatic heterocycles. The first-order valence-corrected chi connectivity index (χ1v) is 7.68. The van der Waals surface area contributed by atoms with Crippen molar-refractivity contribution in [1.82, 2.24) is 4.90 Å². The maximum Gasteiger partial charge on any atom is 0.329 e.